The van der Waals surface area contributed by atoms with Gasteiger partial charge < -0.3 is 20.1 Å². The van der Waals surface area contributed by atoms with Crippen LogP contribution in [0.15, 0.2) is 71.6 Å². The number of nitriles is 1. The molecule has 47 heavy (non-hydrogen) atoms. The highest BCUT2D eigenvalue weighted by molar-refractivity contribution is 7.91. The lowest BCUT2D eigenvalue weighted by atomic mass is 10.0. The molecule has 2 N–H and O–H groups in total. The number of nitrogens with one attached hydrogen (secondary N) is 1. The Morgan fingerprint density at radius 2 is 1.72 bits per heavy atom. The molecule has 252 valence electrons. The number of halogens is 6. The van der Waals surface area contributed by atoms with Gasteiger partial charge in [-0.3, -0.25) is 9.53 Å². The predicted octanol–water partition coefficient (Wildman–Crippen LogP) is 5.40. The Hall–Kier alpha value is -4.33. The molecule has 4 rings (SSSR count). The second-order valence-corrected chi connectivity index (χ2v) is 12.9. The van der Waals surface area contributed by atoms with Crippen LogP contribution in [0.5, 0.6) is 5.75 Å². The molecule has 3 aromatic carbocycles. The van der Waals surface area contributed by atoms with Gasteiger partial charge in [-0.25, -0.2) is 8.42 Å². The third-order valence-electron chi connectivity index (χ3n) is 7.51. The van der Waals surface area contributed by atoms with E-state index in [1.165, 1.54) is 54.3 Å². The maximum absolute atomic E-state index is 13.2. The Balaban J connectivity index is 1.53. The number of amides is 1. The summed E-state index contributed by atoms with van der Waals surface area (Å²) in [4.78, 5) is 14.7. The number of nitrogens with zero attached hydrogens (tertiary/aromatic N) is 2. The summed E-state index contributed by atoms with van der Waals surface area (Å²) in [7, 11) is -3.47. The fourth-order valence-corrected chi connectivity index (χ4v) is 5.97. The first-order valence-electron chi connectivity index (χ1n) is 14.1. The highest BCUT2D eigenvalue weighted by Gasteiger charge is 2.38. The Kier molecular flexibility index (Phi) is 10.7. The van der Waals surface area contributed by atoms with E-state index in [1.807, 2.05) is 6.07 Å². The van der Waals surface area contributed by atoms with Crippen molar-refractivity contribution in [2.75, 3.05) is 30.4 Å². The SMILES string of the molecule is CCS(=O)(=O)c1ccc([C@H](CO)NC(=O)c2ccc(N3C[C@@H](Oc4ccc(C(F)(F)F)cc4)C[C@H]3COC(F)(F)F)cc2C#N)cc1. The molecule has 3 atom stereocenters. The van der Waals surface area contributed by atoms with Gasteiger partial charge in [-0.1, -0.05) is 19.1 Å². The van der Waals surface area contributed by atoms with Crippen molar-refractivity contribution in [3.63, 3.8) is 0 Å². The van der Waals surface area contributed by atoms with E-state index in [2.05, 4.69) is 10.1 Å². The first-order chi connectivity index (χ1) is 22.0. The monoisotopic (exact) mass is 685 g/mol. The Bertz CT molecular complexity index is 1710. The van der Waals surface area contributed by atoms with Crippen LogP contribution in [0.1, 0.15) is 46.4 Å². The lowest BCUT2D eigenvalue weighted by Crippen LogP contribution is -2.35. The third-order valence-corrected chi connectivity index (χ3v) is 9.26. The van der Waals surface area contributed by atoms with Crippen LogP contribution in [0.2, 0.25) is 0 Å². The molecule has 0 bridgehead atoms. The van der Waals surface area contributed by atoms with E-state index < -0.39 is 65.2 Å². The molecule has 0 radical (unpaired) electrons. The molecule has 1 aliphatic heterocycles. The van der Waals surface area contributed by atoms with Crippen molar-refractivity contribution in [1.29, 1.82) is 5.26 Å². The van der Waals surface area contributed by atoms with Crippen LogP contribution < -0.4 is 15.0 Å². The maximum atomic E-state index is 13.2. The second kappa shape index (κ2) is 14.2. The molecule has 0 spiro atoms. The third kappa shape index (κ3) is 8.93. The number of carbonyl (C=O) groups excluding carboxylic acids is 1. The van der Waals surface area contributed by atoms with Crippen molar-refractivity contribution in [3.05, 3.63) is 89.0 Å². The van der Waals surface area contributed by atoms with Crippen molar-refractivity contribution in [1.82, 2.24) is 5.32 Å². The molecule has 1 amide bonds. The number of sulfone groups is 1. The standard InChI is InChI=1S/C31H29F6N3O6S/c1-2-47(43,44)26-10-3-19(4-11-26)28(17-41)39-29(42)27-12-7-22(13-20(27)15-38)40-16-25(14-23(40)18-45-31(35,36)37)46-24-8-5-21(6-9-24)30(32,33)34/h3-13,23,25,28,41H,2,14,16-18H2,1H3,(H,39,42)/t23-,25-,28-/m0/s1. The van der Waals surface area contributed by atoms with Gasteiger partial charge in [0.2, 0.25) is 0 Å². The summed E-state index contributed by atoms with van der Waals surface area (Å²) in [5.74, 6) is -0.788. The molecule has 1 heterocycles. The van der Waals surface area contributed by atoms with E-state index in [9.17, 15) is 49.9 Å². The number of aliphatic hydroxyl groups excluding tert-OH is 1. The predicted molar refractivity (Wildman–Crippen MR) is 156 cm³/mol. The number of anilines is 1. The Morgan fingerprint density at radius 1 is 1.06 bits per heavy atom. The van der Waals surface area contributed by atoms with Gasteiger partial charge in [0.25, 0.3) is 5.91 Å². The smallest absolute Gasteiger partial charge is 0.489 e. The van der Waals surface area contributed by atoms with Gasteiger partial charge in [0.05, 0.1) is 59.2 Å². The number of hydrogen-bond acceptors (Lipinski definition) is 8. The van der Waals surface area contributed by atoms with Crippen molar-refractivity contribution < 1.29 is 54.1 Å². The Labute approximate surface area is 266 Å². The lowest BCUT2D eigenvalue weighted by Gasteiger charge is -2.27. The van der Waals surface area contributed by atoms with Gasteiger partial charge >= 0.3 is 12.5 Å². The first-order valence-corrected chi connectivity index (χ1v) is 15.8. The Morgan fingerprint density at radius 3 is 2.28 bits per heavy atom. The quantitative estimate of drug-likeness (QED) is 0.257. The van der Waals surface area contributed by atoms with Crippen molar-refractivity contribution in [2.45, 2.75) is 49.0 Å². The zero-order valence-corrected chi connectivity index (χ0v) is 25.5. The molecule has 16 heteroatoms. The maximum Gasteiger partial charge on any atom is 0.522 e. The van der Waals surface area contributed by atoms with Crippen molar-refractivity contribution >= 4 is 21.4 Å². The summed E-state index contributed by atoms with van der Waals surface area (Å²) in [5, 5.41) is 22.4. The van der Waals surface area contributed by atoms with Crippen LogP contribution in [-0.2, 0) is 20.8 Å². The number of hydrogen-bond donors (Lipinski definition) is 2. The van der Waals surface area contributed by atoms with E-state index in [4.69, 9.17) is 4.74 Å². The summed E-state index contributed by atoms with van der Waals surface area (Å²) in [5.41, 5.74) is -0.468. The van der Waals surface area contributed by atoms with Gasteiger partial charge in [0.1, 0.15) is 17.9 Å². The minimum atomic E-state index is -4.94. The summed E-state index contributed by atoms with van der Waals surface area (Å²) >= 11 is 0. The molecule has 0 unspecified atom stereocenters. The van der Waals surface area contributed by atoms with Crippen LogP contribution in [-0.4, -0.2) is 63.5 Å². The largest absolute Gasteiger partial charge is 0.522 e. The molecule has 1 aliphatic rings. The molecule has 0 aromatic heterocycles. The molecule has 0 saturated carbocycles. The fourth-order valence-electron chi connectivity index (χ4n) is 5.08. The van der Waals surface area contributed by atoms with E-state index in [1.54, 1.807) is 0 Å². The van der Waals surface area contributed by atoms with E-state index in [0.717, 1.165) is 24.3 Å². The van der Waals surface area contributed by atoms with E-state index >= 15 is 0 Å². The molecule has 1 fully saturated rings. The van der Waals surface area contributed by atoms with Crippen LogP contribution >= 0.6 is 0 Å². The molecule has 3 aromatic rings. The highest BCUT2D eigenvalue weighted by atomic mass is 32.2. The van der Waals surface area contributed by atoms with Crippen LogP contribution in [0.25, 0.3) is 0 Å². The van der Waals surface area contributed by atoms with Crippen LogP contribution in [0.3, 0.4) is 0 Å². The molecule has 9 nitrogen and oxygen atoms in total. The summed E-state index contributed by atoms with van der Waals surface area (Å²) in [6.07, 6.45) is -10.3. The minimum absolute atomic E-state index is 0.00223. The van der Waals surface area contributed by atoms with Gasteiger partial charge in [0, 0.05) is 12.1 Å². The summed E-state index contributed by atoms with van der Waals surface area (Å²) in [6.45, 7) is 0.116. The summed E-state index contributed by atoms with van der Waals surface area (Å²) < 4.78 is 112. The second-order valence-electron chi connectivity index (χ2n) is 10.6. The van der Waals surface area contributed by atoms with Gasteiger partial charge in [0.15, 0.2) is 9.84 Å². The number of benzene rings is 3. The molecular formula is C31H29F6N3O6S. The molecule has 1 saturated heterocycles. The van der Waals surface area contributed by atoms with Crippen molar-refractivity contribution in [2.24, 2.45) is 0 Å². The zero-order valence-electron chi connectivity index (χ0n) is 24.7. The fraction of sp³-hybridized carbons (Fsp3) is 0.355. The highest BCUT2D eigenvalue weighted by Crippen LogP contribution is 2.34. The average Bonchev–Trinajstić information content (AvgIpc) is 3.44. The van der Waals surface area contributed by atoms with Crippen molar-refractivity contribution in [3.8, 4) is 11.8 Å². The van der Waals surface area contributed by atoms with Crippen LogP contribution in [0, 0.1) is 11.3 Å². The molecular weight excluding hydrogens is 656 g/mol. The van der Waals surface area contributed by atoms with E-state index in [-0.39, 0.29) is 46.2 Å². The number of rotatable bonds is 11. The lowest BCUT2D eigenvalue weighted by molar-refractivity contribution is -0.325. The number of aliphatic hydroxyl groups is 1. The minimum Gasteiger partial charge on any atom is -0.489 e. The topological polar surface area (TPSA) is 129 Å². The number of alkyl halides is 6. The van der Waals surface area contributed by atoms with Gasteiger partial charge in [-0.15, -0.1) is 13.2 Å². The normalized spacial score (nSPS) is 17.6. The van der Waals surface area contributed by atoms with Gasteiger partial charge in [-0.2, -0.15) is 18.4 Å². The molecule has 0 aliphatic carbocycles. The summed E-state index contributed by atoms with van der Waals surface area (Å²) in [6, 6.07) is 13.5. The first kappa shape index (κ1) is 35.5. The average molecular weight is 686 g/mol. The van der Waals surface area contributed by atoms with Gasteiger partial charge in [-0.05, 0) is 60.2 Å². The zero-order chi connectivity index (χ0) is 34.6. The van der Waals surface area contributed by atoms with Crippen LogP contribution in [0.4, 0.5) is 32.0 Å². The van der Waals surface area contributed by atoms with E-state index in [0.29, 0.717) is 5.56 Å². The number of carbonyl (C=O) groups is 1. The number of ether oxygens (including phenoxy) is 2.